The summed E-state index contributed by atoms with van der Waals surface area (Å²) < 4.78 is 11.1. The monoisotopic (exact) mass is 426 g/mol. The maximum absolute atomic E-state index is 11.7. The highest BCUT2D eigenvalue weighted by molar-refractivity contribution is 5.76. The third-order valence-corrected chi connectivity index (χ3v) is 4.90. The van der Waals surface area contributed by atoms with Crippen LogP contribution in [0.15, 0.2) is 48.8 Å². The summed E-state index contributed by atoms with van der Waals surface area (Å²) in [6.45, 7) is 6.25. The Labute approximate surface area is 185 Å². The van der Waals surface area contributed by atoms with E-state index < -0.39 is 11.9 Å². The fourth-order valence-corrected chi connectivity index (χ4v) is 3.19. The molecule has 0 saturated carbocycles. The number of ether oxygens (including phenoxy) is 2. The van der Waals surface area contributed by atoms with Gasteiger partial charge in [0.05, 0.1) is 24.9 Å². The summed E-state index contributed by atoms with van der Waals surface area (Å²) in [6, 6.07) is 7.48. The molecule has 0 fully saturated rings. The van der Waals surface area contributed by atoms with E-state index in [1.165, 1.54) is 0 Å². The molecule has 1 unspecified atom stereocenters. The molecule has 31 heavy (non-hydrogen) atoms. The molecule has 1 atom stereocenters. The lowest BCUT2D eigenvalue weighted by molar-refractivity contribution is -0.139. The number of unbranched alkanes of at least 4 members (excludes halogenated alkanes) is 2. The van der Waals surface area contributed by atoms with Crippen LogP contribution in [0.4, 0.5) is 0 Å². The molecule has 1 heterocycles. The second kappa shape index (κ2) is 14.3. The SMILES string of the molecule is CC=CCCCC(C(=O)O)c1ccc(-c2ncc(OCCCCOCCC)cn2)cc1. The quantitative estimate of drug-likeness (QED) is 0.293. The van der Waals surface area contributed by atoms with Crippen LogP contribution in [0.1, 0.15) is 63.9 Å². The fraction of sp³-hybridized carbons (Fsp3) is 0.480. The van der Waals surface area contributed by atoms with Gasteiger partial charge >= 0.3 is 5.97 Å². The van der Waals surface area contributed by atoms with Crippen molar-refractivity contribution in [1.82, 2.24) is 9.97 Å². The summed E-state index contributed by atoms with van der Waals surface area (Å²) in [5.74, 6) is -0.0555. The number of carboxylic acid groups (broad SMARTS) is 1. The van der Waals surface area contributed by atoms with Crippen molar-refractivity contribution in [3.8, 4) is 17.1 Å². The summed E-state index contributed by atoms with van der Waals surface area (Å²) >= 11 is 0. The summed E-state index contributed by atoms with van der Waals surface area (Å²) in [5, 5.41) is 9.58. The molecule has 1 N–H and O–H groups in total. The Morgan fingerprint density at radius 3 is 2.42 bits per heavy atom. The van der Waals surface area contributed by atoms with E-state index in [2.05, 4.69) is 23.0 Å². The first-order chi connectivity index (χ1) is 15.2. The standard InChI is InChI=1S/C25H34N2O4/c1-3-5-6-7-10-23(25(28)29)20-11-13-21(14-12-20)24-26-18-22(19-27-24)31-17-9-8-16-30-15-4-2/h3,5,11-14,18-19,23H,4,6-10,15-17H2,1-2H3,(H,28,29). The maximum atomic E-state index is 11.7. The van der Waals surface area contributed by atoms with E-state index in [-0.39, 0.29) is 0 Å². The lowest BCUT2D eigenvalue weighted by Gasteiger charge is -2.13. The number of aromatic nitrogens is 2. The van der Waals surface area contributed by atoms with E-state index in [4.69, 9.17) is 9.47 Å². The van der Waals surface area contributed by atoms with Gasteiger partial charge in [-0.05, 0) is 51.0 Å². The van der Waals surface area contributed by atoms with E-state index in [0.29, 0.717) is 24.6 Å². The van der Waals surface area contributed by atoms with Crippen LogP contribution in [0.3, 0.4) is 0 Å². The van der Waals surface area contributed by atoms with Crippen LogP contribution in [-0.4, -0.2) is 40.9 Å². The second-order valence-corrected chi connectivity index (χ2v) is 7.42. The predicted molar refractivity (Wildman–Crippen MR) is 122 cm³/mol. The number of hydrogen-bond donors (Lipinski definition) is 1. The Bertz CT molecular complexity index is 788. The van der Waals surface area contributed by atoms with Gasteiger partial charge in [-0.3, -0.25) is 4.79 Å². The molecule has 6 nitrogen and oxygen atoms in total. The zero-order valence-corrected chi connectivity index (χ0v) is 18.6. The van der Waals surface area contributed by atoms with E-state index in [0.717, 1.165) is 56.4 Å². The van der Waals surface area contributed by atoms with Crippen LogP contribution < -0.4 is 4.74 Å². The number of carbonyl (C=O) groups is 1. The molecular formula is C25H34N2O4. The van der Waals surface area contributed by atoms with E-state index in [1.54, 1.807) is 12.4 Å². The van der Waals surface area contributed by atoms with Crippen LogP contribution in [-0.2, 0) is 9.53 Å². The van der Waals surface area contributed by atoms with Gasteiger partial charge in [0, 0.05) is 18.8 Å². The van der Waals surface area contributed by atoms with Gasteiger partial charge in [0.25, 0.3) is 0 Å². The fourth-order valence-electron chi connectivity index (χ4n) is 3.19. The van der Waals surface area contributed by atoms with Gasteiger partial charge in [0.15, 0.2) is 11.6 Å². The average molecular weight is 427 g/mol. The Balaban J connectivity index is 1.86. The molecule has 1 aromatic carbocycles. The molecule has 0 saturated heterocycles. The van der Waals surface area contributed by atoms with Crippen LogP contribution in [0.5, 0.6) is 5.75 Å². The molecule has 0 amide bonds. The highest BCUT2D eigenvalue weighted by Gasteiger charge is 2.19. The van der Waals surface area contributed by atoms with Crippen molar-refractivity contribution in [2.24, 2.45) is 0 Å². The molecule has 0 aliphatic rings. The van der Waals surface area contributed by atoms with Crippen LogP contribution in [0, 0.1) is 0 Å². The molecule has 0 radical (unpaired) electrons. The van der Waals surface area contributed by atoms with Crippen LogP contribution in [0.2, 0.25) is 0 Å². The molecule has 2 aromatic rings. The molecule has 0 spiro atoms. The molecule has 1 aromatic heterocycles. The van der Waals surface area contributed by atoms with Crippen molar-refractivity contribution in [3.05, 3.63) is 54.4 Å². The minimum Gasteiger partial charge on any atom is -0.490 e. The van der Waals surface area contributed by atoms with E-state index >= 15 is 0 Å². The minimum atomic E-state index is -0.789. The van der Waals surface area contributed by atoms with E-state index in [1.807, 2.05) is 37.3 Å². The average Bonchev–Trinajstić information content (AvgIpc) is 2.79. The molecule has 6 heteroatoms. The van der Waals surface area contributed by atoms with Crippen LogP contribution in [0.25, 0.3) is 11.4 Å². The summed E-state index contributed by atoms with van der Waals surface area (Å²) in [7, 11) is 0. The van der Waals surface area contributed by atoms with Crippen molar-refractivity contribution >= 4 is 5.97 Å². The Morgan fingerprint density at radius 1 is 1.06 bits per heavy atom. The lowest BCUT2D eigenvalue weighted by Crippen LogP contribution is -2.11. The van der Waals surface area contributed by atoms with Gasteiger partial charge in [0.1, 0.15) is 0 Å². The summed E-state index contributed by atoms with van der Waals surface area (Å²) in [6.07, 6.45) is 12.7. The third-order valence-electron chi connectivity index (χ3n) is 4.90. The van der Waals surface area contributed by atoms with Gasteiger partial charge < -0.3 is 14.6 Å². The minimum absolute atomic E-state index is 0.497. The van der Waals surface area contributed by atoms with Gasteiger partial charge in [-0.25, -0.2) is 9.97 Å². The predicted octanol–water partition coefficient (Wildman–Crippen LogP) is 5.64. The van der Waals surface area contributed by atoms with Crippen molar-refractivity contribution in [2.75, 3.05) is 19.8 Å². The van der Waals surface area contributed by atoms with Gasteiger partial charge in [0.2, 0.25) is 0 Å². The zero-order valence-electron chi connectivity index (χ0n) is 18.6. The smallest absolute Gasteiger partial charge is 0.310 e. The first-order valence-corrected chi connectivity index (χ1v) is 11.1. The second-order valence-electron chi connectivity index (χ2n) is 7.42. The Morgan fingerprint density at radius 2 is 1.77 bits per heavy atom. The Hall–Kier alpha value is -2.73. The van der Waals surface area contributed by atoms with Gasteiger partial charge in [-0.15, -0.1) is 0 Å². The van der Waals surface area contributed by atoms with E-state index in [9.17, 15) is 9.90 Å². The molecule has 2 rings (SSSR count). The number of aliphatic carboxylic acids is 1. The normalized spacial score (nSPS) is 12.2. The first kappa shape index (κ1) is 24.5. The zero-order chi connectivity index (χ0) is 22.3. The molecule has 0 aliphatic carbocycles. The van der Waals surface area contributed by atoms with Gasteiger partial charge in [-0.1, -0.05) is 43.3 Å². The maximum Gasteiger partial charge on any atom is 0.310 e. The number of allylic oxidation sites excluding steroid dienone is 2. The summed E-state index contributed by atoms with van der Waals surface area (Å²) in [5.41, 5.74) is 1.65. The molecular weight excluding hydrogens is 392 g/mol. The number of carboxylic acids is 1. The van der Waals surface area contributed by atoms with Crippen LogP contribution >= 0.6 is 0 Å². The number of rotatable bonds is 15. The van der Waals surface area contributed by atoms with Crippen molar-refractivity contribution < 1.29 is 19.4 Å². The molecule has 168 valence electrons. The highest BCUT2D eigenvalue weighted by Crippen LogP contribution is 2.25. The molecule has 0 bridgehead atoms. The first-order valence-electron chi connectivity index (χ1n) is 11.1. The highest BCUT2D eigenvalue weighted by atomic mass is 16.5. The topological polar surface area (TPSA) is 81.5 Å². The number of hydrogen-bond acceptors (Lipinski definition) is 5. The lowest BCUT2D eigenvalue weighted by atomic mass is 9.93. The molecule has 0 aliphatic heterocycles. The number of nitrogens with zero attached hydrogens (tertiary/aromatic N) is 2. The number of benzene rings is 1. The third kappa shape index (κ3) is 8.89. The Kier molecular flexibility index (Phi) is 11.3. The van der Waals surface area contributed by atoms with Crippen molar-refractivity contribution in [3.63, 3.8) is 0 Å². The van der Waals surface area contributed by atoms with Gasteiger partial charge in [-0.2, -0.15) is 0 Å². The summed E-state index contributed by atoms with van der Waals surface area (Å²) in [4.78, 5) is 20.4. The van der Waals surface area contributed by atoms with Crippen molar-refractivity contribution in [1.29, 1.82) is 0 Å². The van der Waals surface area contributed by atoms with Crippen molar-refractivity contribution in [2.45, 2.75) is 58.3 Å². The largest absolute Gasteiger partial charge is 0.490 e.